The van der Waals surface area contributed by atoms with E-state index in [0.717, 1.165) is 23.1 Å². The zero-order valence-corrected chi connectivity index (χ0v) is 21.1. The molecule has 0 aliphatic carbocycles. The van der Waals surface area contributed by atoms with Gasteiger partial charge >= 0.3 is 0 Å². The van der Waals surface area contributed by atoms with Crippen LogP contribution in [-0.2, 0) is 11.2 Å². The molecule has 2 aromatic heterocycles. The largest absolute Gasteiger partial charge is 0.497 e. The number of H-pyrrole nitrogens is 1. The molecule has 2 N–H and O–H groups in total. The molecule has 0 bridgehead atoms. The van der Waals surface area contributed by atoms with Gasteiger partial charge in [-0.2, -0.15) is 0 Å². The molecule has 5 rings (SSSR count). The molecule has 1 amide bonds. The van der Waals surface area contributed by atoms with Crippen molar-refractivity contribution in [1.82, 2.24) is 19.9 Å². The van der Waals surface area contributed by atoms with Crippen molar-refractivity contribution >= 4 is 28.7 Å². The fraction of sp³-hybridized carbons (Fsp3) is 0.138. The van der Waals surface area contributed by atoms with Crippen LogP contribution in [0, 0.1) is 0 Å². The summed E-state index contributed by atoms with van der Waals surface area (Å²) in [4.78, 5) is 34.3. The molecule has 2 heterocycles. The minimum Gasteiger partial charge on any atom is -0.497 e. The summed E-state index contributed by atoms with van der Waals surface area (Å²) in [6.07, 6.45) is 2.55. The van der Waals surface area contributed by atoms with Crippen LogP contribution in [0.5, 0.6) is 5.75 Å². The summed E-state index contributed by atoms with van der Waals surface area (Å²) in [5, 5.41) is 3.40. The van der Waals surface area contributed by atoms with Gasteiger partial charge in [-0.15, -0.1) is 0 Å². The fourth-order valence-corrected chi connectivity index (χ4v) is 4.94. The topological polar surface area (TPSA) is 89.0 Å². The van der Waals surface area contributed by atoms with Crippen LogP contribution in [-0.4, -0.2) is 39.8 Å². The van der Waals surface area contributed by atoms with Gasteiger partial charge in [-0.1, -0.05) is 72.4 Å². The van der Waals surface area contributed by atoms with Crippen LogP contribution in [0.1, 0.15) is 5.56 Å². The average molecular weight is 511 g/mol. The quantitative estimate of drug-likeness (QED) is 0.219. The highest BCUT2D eigenvalue weighted by atomic mass is 32.2. The third kappa shape index (κ3) is 5.44. The maximum Gasteiger partial charge on any atom is 0.283 e. The van der Waals surface area contributed by atoms with E-state index in [2.05, 4.69) is 10.3 Å². The normalized spacial score (nSPS) is 10.9. The van der Waals surface area contributed by atoms with Crippen LogP contribution >= 0.6 is 11.8 Å². The molecule has 0 saturated heterocycles. The summed E-state index contributed by atoms with van der Waals surface area (Å²) in [5.74, 6) is 0.700. The number of hydrogen-bond acceptors (Lipinski definition) is 5. The van der Waals surface area contributed by atoms with E-state index in [4.69, 9.17) is 9.72 Å². The number of rotatable bonds is 9. The van der Waals surface area contributed by atoms with Gasteiger partial charge < -0.3 is 15.0 Å². The molecule has 0 fully saturated rings. The van der Waals surface area contributed by atoms with Crippen molar-refractivity contribution in [3.8, 4) is 22.6 Å². The highest BCUT2D eigenvalue weighted by Crippen LogP contribution is 2.29. The first-order chi connectivity index (χ1) is 18.1. The number of thioether (sulfide) groups is 1. The first-order valence-corrected chi connectivity index (χ1v) is 12.9. The minimum atomic E-state index is -0.232. The van der Waals surface area contributed by atoms with E-state index in [0.29, 0.717) is 34.2 Å². The molecule has 0 spiro atoms. The number of aromatic nitrogens is 3. The Morgan fingerprint density at radius 1 is 1.00 bits per heavy atom. The molecular weight excluding hydrogens is 484 g/mol. The van der Waals surface area contributed by atoms with Crippen LogP contribution < -0.4 is 15.6 Å². The predicted octanol–water partition coefficient (Wildman–Crippen LogP) is 4.84. The Morgan fingerprint density at radius 3 is 2.41 bits per heavy atom. The lowest BCUT2D eigenvalue weighted by molar-refractivity contribution is -0.118. The number of carbonyl (C=O) groups excluding carboxylic acids is 1. The number of methoxy groups -OCH3 is 1. The number of benzene rings is 3. The molecule has 0 unspecified atom stereocenters. The molecule has 37 heavy (non-hydrogen) atoms. The predicted molar refractivity (Wildman–Crippen MR) is 148 cm³/mol. The molecule has 8 heteroatoms. The Morgan fingerprint density at radius 2 is 1.70 bits per heavy atom. The van der Waals surface area contributed by atoms with Gasteiger partial charge in [-0.25, -0.2) is 4.98 Å². The SMILES string of the molecule is COc1ccc(-n2c(SCC(=O)NCCc3ccccc3)nc3c(-c4ccccc4)c[nH]c3c2=O)cc1. The third-order valence-electron chi connectivity index (χ3n) is 5.99. The van der Waals surface area contributed by atoms with E-state index in [1.807, 2.05) is 60.7 Å². The van der Waals surface area contributed by atoms with E-state index in [-0.39, 0.29) is 17.2 Å². The number of ether oxygens (including phenoxy) is 1. The average Bonchev–Trinajstić information content (AvgIpc) is 3.37. The zero-order valence-electron chi connectivity index (χ0n) is 20.3. The van der Waals surface area contributed by atoms with Crippen LogP contribution in [0.25, 0.3) is 27.8 Å². The van der Waals surface area contributed by atoms with Crippen LogP contribution in [0.4, 0.5) is 0 Å². The Labute approximate surface area is 218 Å². The Hall–Kier alpha value is -4.30. The van der Waals surface area contributed by atoms with Crippen molar-refractivity contribution < 1.29 is 9.53 Å². The van der Waals surface area contributed by atoms with Crippen molar-refractivity contribution in [1.29, 1.82) is 0 Å². The van der Waals surface area contributed by atoms with Crippen molar-refractivity contribution in [2.75, 3.05) is 19.4 Å². The lowest BCUT2D eigenvalue weighted by atomic mass is 10.1. The number of fused-ring (bicyclic) bond motifs is 1. The van der Waals surface area contributed by atoms with Gasteiger partial charge in [0.25, 0.3) is 5.56 Å². The molecule has 0 saturated carbocycles. The molecule has 0 aliphatic heterocycles. The van der Waals surface area contributed by atoms with Crippen LogP contribution in [0.3, 0.4) is 0 Å². The lowest BCUT2D eigenvalue weighted by Crippen LogP contribution is -2.28. The summed E-state index contributed by atoms with van der Waals surface area (Å²) in [6, 6.07) is 27.0. The summed E-state index contributed by atoms with van der Waals surface area (Å²) in [7, 11) is 1.59. The van der Waals surface area contributed by atoms with Gasteiger partial charge in [-0.3, -0.25) is 14.2 Å². The number of aromatic amines is 1. The molecule has 7 nitrogen and oxygen atoms in total. The van der Waals surface area contributed by atoms with Gasteiger partial charge in [0, 0.05) is 18.3 Å². The first kappa shape index (κ1) is 24.4. The van der Waals surface area contributed by atoms with Gasteiger partial charge in [-0.05, 0) is 41.8 Å². The van der Waals surface area contributed by atoms with Gasteiger partial charge in [0.15, 0.2) is 5.16 Å². The van der Waals surface area contributed by atoms with E-state index >= 15 is 0 Å². The smallest absolute Gasteiger partial charge is 0.283 e. The number of nitrogens with one attached hydrogen (secondary N) is 2. The van der Waals surface area contributed by atoms with E-state index < -0.39 is 0 Å². The first-order valence-electron chi connectivity index (χ1n) is 11.9. The van der Waals surface area contributed by atoms with Crippen molar-refractivity contribution in [3.63, 3.8) is 0 Å². The van der Waals surface area contributed by atoms with Gasteiger partial charge in [0.05, 0.1) is 18.6 Å². The maximum atomic E-state index is 13.7. The number of nitrogens with zero attached hydrogens (tertiary/aromatic N) is 2. The second-order valence-corrected chi connectivity index (χ2v) is 9.34. The second-order valence-electron chi connectivity index (χ2n) is 8.40. The molecule has 5 aromatic rings. The fourth-order valence-electron chi connectivity index (χ4n) is 4.10. The minimum absolute atomic E-state index is 0.117. The molecule has 0 atom stereocenters. The van der Waals surface area contributed by atoms with Crippen molar-refractivity contribution in [2.24, 2.45) is 0 Å². The molecule has 3 aromatic carbocycles. The van der Waals surface area contributed by atoms with E-state index in [1.165, 1.54) is 16.3 Å². The van der Waals surface area contributed by atoms with Crippen molar-refractivity contribution in [3.05, 3.63) is 107 Å². The summed E-state index contributed by atoms with van der Waals surface area (Å²) in [6.45, 7) is 0.539. The van der Waals surface area contributed by atoms with E-state index in [1.54, 1.807) is 37.6 Å². The van der Waals surface area contributed by atoms with Crippen LogP contribution in [0.2, 0.25) is 0 Å². The molecule has 186 valence electrons. The monoisotopic (exact) mass is 510 g/mol. The Kier molecular flexibility index (Phi) is 7.37. The standard InChI is InChI=1S/C29H26N4O3S/c1-36-23-14-12-22(13-15-23)33-28(35)27-26(24(18-31-27)21-10-6-3-7-11-21)32-29(33)37-19-25(34)30-17-16-20-8-4-2-5-9-20/h2-15,18,31H,16-17,19H2,1H3,(H,30,34). The number of carbonyl (C=O) groups is 1. The number of hydrogen-bond donors (Lipinski definition) is 2. The molecule has 0 aliphatic rings. The summed E-state index contributed by atoms with van der Waals surface area (Å²) < 4.78 is 6.81. The van der Waals surface area contributed by atoms with Gasteiger partial charge in [0.1, 0.15) is 16.8 Å². The lowest BCUT2D eigenvalue weighted by Gasteiger charge is -2.13. The maximum absolute atomic E-state index is 13.7. The third-order valence-corrected chi connectivity index (χ3v) is 6.93. The summed E-state index contributed by atoms with van der Waals surface area (Å²) >= 11 is 1.24. The zero-order chi connectivity index (χ0) is 25.6. The Bertz CT molecular complexity index is 1560. The molecular formula is C29H26N4O3S. The van der Waals surface area contributed by atoms with E-state index in [9.17, 15) is 9.59 Å². The van der Waals surface area contributed by atoms with Crippen molar-refractivity contribution in [2.45, 2.75) is 11.6 Å². The highest BCUT2D eigenvalue weighted by molar-refractivity contribution is 7.99. The summed E-state index contributed by atoms with van der Waals surface area (Å²) in [5.41, 5.74) is 4.35. The number of amides is 1. The highest BCUT2D eigenvalue weighted by Gasteiger charge is 2.19. The second kappa shape index (κ2) is 11.2. The molecule has 0 radical (unpaired) electrons. The van der Waals surface area contributed by atoms with Gasteiger partial charge in [0.2, 0.25) is 5.91 Å². The Balaban J connectivity index is 1.45. The van der Waals surface area contributed by atoms with Crippen LogP contribution in [0.15, 0.2) is 101 Å².